The van der Waals surface area contributed by atoms with Gasteiger partial charge >= 0.3 is 11.9 Å². The van der Waals surface area contributed by atoms with E-state index in [1.165, 1.54) is 5.01 Å². The summed E-state index contributed by atoms with van der Waals surface area (Å²) >= 11 is 0. The van der Waals surface area contributed by atoms with E-state index >= 15 is 0 Å². The van der Waals surface area contributed by atoms with Crippen LogP contribution in [0.1, 0.15) is 71.3 Å². The number of esters is 2. The molecule has 0 bridgehead atoms. The molecule has 0 N–H and O–H groups in total. The fraction of sp³-hybridized carbons (Fsp3) is 0.333. The number of hydrogen-bond acceptors (Lipinski definition) is 8. The van der Waals surface area contributed by atoms with Crippen LogP contribution < -0.4 is 0 Å². The first-order chi connectivity index (χ1) is 19.5. The highest BCUT2D eigenvalue weighted by atomic mass is 16.5. The monoisotopic (exact) mass is 541 g/mol. The average Bonchev–Trinajstić information content (AvgIpc) is 3.57. The molecule has 2 heterocycles. The first-order valence-corrected chi connectivity index (χ1v) is 13.5. The molecule has 40 heavy (non-hydrogen) atoms. The van der Waals surface area contributed by atoms with E-state index in [9.17, 15) is 14.4 Å². The molecule has 1 aliphatic carbocycles. The van der Waals surface area contributed by atoms with Gasteiger partial charge in [-0.15, -0.1) is 5.10 Å². The van der Waals surface area contributed by atoms with Crippen LogP contribution in [0.15, 0.2) is 71.3 Å². The van der Waals surface area contributed by atoms with Crippen LogP contribution in [0.2, 0.25) is 0 Å². The fourth-order valence-electron chi connectivity index (χ4n) is 5.30. The van der Waals surface area contributed by atoms with Crippen molar-refractivity contribution in [3.8, 4) is 0 Å². The summed E-state index contributed by atoms with van der Waals surface area (Å²) in [7, 11) is 0. The smallest absolute Gasteiger partial charge is 0.361 e. The highest BCUT2D eigenvalue weighted by molar-refractivity contribution is 6.08. The van der Waals surface area contributed by atoms with Crippen LogP contribution in [-0.2, 0) is 20.8 Å². The lowest BCUT2D eigenvalue weighted by Gasteiger charge is -2.29. The molecule has 10 heteroatoms. The van der Waals surface area contributed by atoms with Gasteiger partial charge in [-0.05, 0) is 55.9 Å². The van der Waals surface area contributed by atoms with Gasteiger partial charge in [0.25, 0.3) is 5.91 Å². The zero-order chi connectivity index (χ0) is 28.1. The Kier molecular flexibility index (Phi) is 8.14. The third kappa shape index (κ3) is 5.42. The van der Waals surface area contributed by atoms with Crippen LogP contribution in [0, 0.1) is 5.92 Å². The number of ether oxygens (including phenoxy) is 2. The Hall–Kier alpha value is -4.60. The summed E-state index contributed by atoms with van der Waals surface area (Å²) in [5, 5.41) is 14.2. The topological polar surface area (TPSA) is 116 Å². The second kappa shape index (κ2) is 12.1. The van der Waals surface area contributed by atoms with Crippen molar-refractivity contribution in [2.45, 2.75) is 45.7 Å². The van der Waals surface area contributed by atoms with Crippen molar-refractivity contribution in [1.29, 1.82) is 0 Å². The molecule has 1 aromatic heterocycles. The number of nitrogens with zero attached hydrogens (tertiary/aromatic N) is 5. The van der Waals surface area contributed by atoms with E-state index in [1.807, 2.05) is 60.7 Å². The molecule has 1 amide bonds. The number of hydrogen-bond donors (Lipinski definition) is 0. The third-order valence-corrected chi connectivity index (χ3v) is 7.00. The molecule has 0 radical (unpaired) electrons. The van der Waals surface area contributed by atoms with Crippen LogP contribution in [0.4, 0.5) is 0 Å². The van der Waals surface area contributed by atoms with Gasteiger partial charge in [0.2, 0.25) is 5.69 Å². The molecule has 1 fully saturated rings. The van der Waals surface area contributed by atoms with E-state index in [2.05, 4.69) is 16.4 Å². The molecular weight excluding hydrogens is 510 g/mol. The van der Waals surface area contributed by atoms with Crippen molar-refractivity contribution in [1.82, 2.24) is 20.0 Å². The van der Waals surface area contributed by atoms with Gasteiger partial charge in [-0.25, -0.2) is 19.3 Å². The number of allylic oxidation sites excluding steroid dienone is 1. The molecule has 206 valence electrons. The Morgan fingerprint density at radius 2 is 1.62 bits per heavy atom. The predicted octanol–water partition coefficient (Wildman–Crippen LogP) is 4.45. The molecule has 3 aromatic rings. The maximum absolute atomic E-state index is 13.9. The Morgan fingerprint density at radius 3 is 2.33 bits per heavy atom. The third-order valence-electron chi connectivity index (χ3n) is 7.00. The highest BCUT2D eigenvalue weighted by Gasteiger charge is 2.44. The highest BCUT2D eigenvalue weighted by Crippen LogP contribution is 2.44. The molecule has 0 spiro atoms. The van der Waals surface area contributed by atoms with Gasteiger partial charge in [0, 0.05) is 5.92 Å². The molecule has 2 aliphatic rings. The van der Waals surface area contributed by atoms with Gasteiger partial charge in [0.05, 0.1) is 25.0 Å². The number of fused-ring (bicyclic) bond motifs is 1. The Balaban J connectivity index is 1.51. The minimum atomic E-state index is -0.811. The second-order valence-corrected chi connectivity index (χ2v) is 9.54. The number of carbonyl (C=O) groups excluding carboxylic acids is 3. The molecule has 0 unspecified atom stereocenters. The first-order valence-electron chi connectivity index (χ1n) is 13.5. The Morgan fingerprint density at radius 1 is 0.950 bits per heavy atom. The maximum atomic E-state index is 13.9. The van der Waals surface area contributed by atoms with Gasteiger partial charge < -0.3 is 9.47 Å². The van der Waals surface area contributed by atoms with Crippen LogP contribution >= 0.6 is 0 Å². The number of aromatic nitrogens is 3. The zero-order valence-corrected chi connectivity index (χ0v) is 22.5. The first kappa shape index (κ1) is 27.0. The summed E-state index contributed by atoms with van der Waals surface area (Å²) in [6.45, 7) is 3.11. The van der Waals surface area contributed by atoms with Gasteiger partial charge in [0.1, 0.15) is 6.54 Å². The van der Waals surface area contributed by atoms with Crippen LogP contribution in [0.25, 0.3) is 6.08 Å². The van der Waals surface area contributed by atoms with Crippen LogP contribution in [0.3, 0.4) is 0 Å². The second-order valence-electron chi connectivity index (χ2n) is 9.54. The lowest BCUT2D eigenvalue weighted by Crippen LogP contribution is -2.34. The maximum Gasteiger partial charge on any atom is 0.361 e. The predicted molar refractivity (Wildman–Crippen MR) is 147 cm³/mol. The van der Waals surface area contributed by atoms with Crippen molar-refractivity contribution in [3.05, 3.63) is 88.8 Å². The summed E-state index contributed by atoms with van der Waals surface area (Å²) in [6, 6.07) is 19.6. The molecule has 1 saturated carbocycles. The van der Waals surface area contributed by atoms with Gasteiger partial charge in [-0.3, -0.25) is 4.79 Å². The van der Waals surface area contributed by atoms with Gasteiger partial charge in [-0.1, -0.05) is 65.9 Å². The standard InChI is InChI=1S/C30H31N5O5/c1-3-39-29(37)26-28(30(38)40-4-2)34(33-31-26)19-24(36)35-27(21-14-9-6-10-15-21)23-17-11-16-22(25(23)32-35)18-20-12-7-5-8-13-20/h5-10,12-15,18,23,27H,3-4,11,16-17,19H2,1-2H3/b22-18+/t23-,27+/m0/s1. The lowest BCUT2D eigenvalue weighted by molar-refractivity contribution is -0.134. The minimum absolute atomic E-state index is 0.0189. The number of benzene rings is 2. The van der Waals surface area contributed by atoms with E-state index in [0.29, 0.717) is 0 Å². The normalized spacial score (nSPS) is 19.2. The minimum Gasteiger partial charge on any atom is -0.461 e. The molecule has 5 rings (SSSR count). The molecular formula is C30H31N5O5. The molecule has 2 aromatic carbocycles. The molecule has 0 saturated heterocycles. The Bertz CT molecular complexity index is 1450. The molecule has 10 nitrogen and oxygen atoms in total. The van der Waals surface area contributed by atoms with Crippen molar-refractivity contribution in [3.63, 3.8) is 0 Å². The zero-order valence-electron chi connectivity index (χ0n) is 22.5. The van der Waals surface area contributed by atoms with E-state index in [0.717, 1.165) is 46.4 Å². The van der Waals surface area contributed by atoms with Crippen molar-refractivity contribution in [2.75, 3.05) is 13.2 Å². The number of carbonyl (C=O) groups is 3. The van der Waals surface area contributed by atoms with E-state index in [4.69, 9.17) is 14.6 Å². The summed E-state index contributed by atoms with van der Waals surface area (Å²) < 4.78 is 11.3. The molecule has 1 aliphatic heterocycles. The summed E-state index contributed by atoms with van der Waals surface area (Å²) in [5.74, 6) is -1.99. The average molecular weight is 542 g/mol. The quantitative estimate of drug-likeness (QED) is 0.387. The SMILES string of the molecule is CCOC(=O)c1nnn(CC(=O)N2N=C3/C(=C/c4ccccc4)CCC[C@@H]3[C@H]2c2ccccc2)c1C(=O)OCC. The van der Waals surface area contributed by atoms with Crippen molar-refractivity contribution < 1.29 is 23.9 Å². The fourth-order valence-corrected chi connectivity index (χ4v) is 5.30. The van der Waals surface area contributed by atoms with Gasteiger partial charge in [-0.2, -0.15) is 5.10 Å². The summed E-state index contributed by atoms with van der Waals surface area (Å²) in [6.07, 6.45) is 4.88. The van der Waals surface area contributed by atoms with Crippen LogP contribution in [0.5, 0.6) is 0 Å². The largest absolute Gasteiger partial charge is 0.461 e. The van der Waals surface area contributed by atoms with Crippen molar-refractivity contribution in [2.24, 2.45) is 11.0 Å². The number of hydrazone groups is 1. The summed E-state index contributed by atoms with van der Waals surface area (Å²) in [4.78, 5) is 39.1. The van der Waals surface area contributed by atoms with Crippen molar-refractivity contribution >= 4 is 29.6 Å². The van der Waals surface area contributed by atoms with Crippen LogP contribution in [-0.4, -0.2) is 56.8 Å². The van der Waals surface area contributed by atoms with E-state index < -0.39 is 11.9 Å². The molecule has 2 atom stereocenters. The van der Waals surface area contributed by atoms with Gasteiger partial charge in [0.15, 0.2) is 5.69 Å². The number of rotatable bonds is 8. The lowest BCUT2D eigenvalue weighted by atomic mass is 9.77. The van der Waals surface area contributed by atoms with E-state index in [1.54, 1.807) is 13.8 Å². The van der Waals surface area contributed by atoms with E-state index in [-0.39, 0.29) is 49.0 Å². The Labute approximate surface area is 232 Å². The number of amides is 1. The summed E-state index contributed by atoms with van der Waals surface area (Å²) in [5.41, 5.74) is 3.54.